The lowest BCUT2D eigenvalue weighted by atomic mass is 10.2. The van der Waals surface area contributed by atoms with Gasteiger partial charge in [-0.3, -0.25) is 0 Å². The number of carbonyl (C=O) groups excluding carboxylic acids is 1. The van der Waals surface area contributed by atoms with Crippen LogP contribution in [-0.4, -0.2) is 30.3 Å². The molecule has 0 unspecified atom stereocenters. The molecule has 0 aliphatic heterocycles. The molecule has 0 amide bonds. The quantitative estimate of drug-likeness (QED) is 0.877. The van der Waals surface area contributed by atoms with Crippen molar-refractivity contribution in [2.24, 2.45) is 0 Å². The van der Waals surface area contributed by atoms with Crippen LogP contribution in [-0.2, 0) is 4.74 Å². The van der Waals surface area contributed by atoms with Crippen molar-refractivity contribution in [2.45, 2.75) is 0 Å². The van der Waals surface area contributed by atoms with Crippen LogP contribution in [0.4, 0.5) is 0 Å². The van der Waals surface area contributed by atoms with Gasteiger partial charge < -0.3 is 14.6 Å². The molecule has 0 saturated carbocycles. The van der Waals surface area contributed by atoms with Crippen molar-refractivity contribution in [2.75, 3.05) is 14.2 Å². The number of hydrogen-bond donors (Lipinski definition) is 1. The highest BCUT2D eigenvalue weighted by molar-refractivity contribution is 7.14. The van der Waals surface area contributed by atoms with E-state index in [1.165, 1.54) is 31.8 Å². The molecule has 1 N–H and O–H groups in total. The summed E-state index contributed by atoms with van der Waals surface area (Å²) in [6.07, 6.45) is 5.08. The largest absolute Gasteiger partial charge is 0.504 e. The number of rotatable bonds is 4. The summed E-state index contributed by atoms with van der Waals surface area (Å²) in [7, 11) is 2.83. The van der Waals surface area contributed by atoms with Crippen LogP contribution in [0.3, 0.4) is 0 Å². The average molecular weight is 291 g/mol. The number of thiazole rings is 1. The predicted molar refractivity (Wildman–Crippen MR) is 77.0 cm³/mol. The smallest absolute Gasteiger partial charge is 0.349 e. The Balaban J connectivity index is 2.17. The molecule has 20 heavy (non-hydrogen) atoms. The number of phenols is 1. The van der Waals surface area contributed by atoms with Gasteiger partial charge in [-0.25, -0.2) is 9.78 Å². The molecule has 104 valence electrons. The molecule has 2 aromatic rings. The van der Waals surface area contributed by atoms with Crippen LogP contribution in [0.5, 0.6) is 11.5 Å². The second-order valence-electron chi connectivity index (χ2n) is 3.82. The normalized spacial score (nSPS) is 10.7. The number of benzene rings is 1. The number of nitrogens with zero attached hydrogens (tertiary/aromatic N) is 1. The second-order valence-corrected chi connectivity index (χ2v) is 4.88. The molecule has 0 radical (unpaired) electrons. The number of carbonyl (C=O) groups is 1. The fraction of sp³-hybridized carbons (Fsp3) is 0.143. The Kier molecular flexibility index (Phi) is 4.37. The van der Waals surface area contributed by atoms with Crippen LogP contribution in [0.2, 0.25) is 0 Å². The Bertz CT molecular complexity index is 648. The lowest BCUT2D eigenvalue weighted by Crippen LogP contribution is -1.96. The maximum absolute atomic E-state index is 11.3. The van der Waals surface area contributed by atoms with Crippen LogP contribution in [0.25, 0.3) is 12.2 Å². The van der Waals surface area contributed by atoms with E-state index in [0.717, 1.165) is 5.56 Å². The van der Waals surface area contributed by atoms with Gasteiger partial charge in [0.1, 0.15) is 9.88 Å². The monoisotopic (exact) mass is 291 g/mol. The van der Waals surface area contributed by atoms with Gasteiger partial charge in [0, 0.05) is 0 Å². The molecular formula is C14H13NO4S. The lowest BCUT2D eigenvalue weighted by Gasteiger charge is -2.03. The number of aromatic hydroxyl groups is 1. The molecule has 1 aromatic carbocycles. The van der Waals surface area contributed by atoms with Crippen molar-refractivity contribution >= 4 is 29.5 Å². The van der Waals surface area contributed by atoms with Gasteiger partial charge in [0.15, 0.2) is 11.5 Å². The maximum atomic E-state index is 11.3. The summed E-state index contributed by atoms with van der Waals surface area (Å²) in [5, 5.41) is 10.2. The molecule has 0 aliphatic rings. The van der Waals surface area contributed by atoms with Crippen molar-refractivity contribution in [3.63, 3.8) is 0 Å². The van der Waals surface area contributed by atoms with E-state index in [0.29, 0.717) is 15.6 Å². The van der Waals surface area contributed by atoms with Crippen LogP contribution >= 0.6 is 11.3 Å². The van der Waals surface area contributed by atoms with Crippen LogP contribution in [0, 0.1) is 0 Å². The zero-order valence-corrected chi connectivity index (χ0v) is 11.8. The fourth-order valence-electron chi connectivity index (χ4n) is 1.53. The van der Waals surface area contributed by atoms with Gasteiger partial charge in [0.25, 0.3) is 0 Å². The summed E-state index contributed by atoms with van der Waals surface area (Å²) in [6.45, 7) is 0. The van der Waals surface area contributed by atoms with Crippen LogP contribution in [0.1, 0.15) is 20.2 Å². The molecule has 1 heterocycles. The highest BCUT2D eigenvalue weighted by atomic mass is 32.1. The van der Waals surface area contributed by atoms with E-state index in [1.807, 2.05) is 6.08 Å². The maximum Gasteiger partial charge on any atom is 0.349 e. The summed E-state index contributed by atoms with van der Waals surface area (Å²) < 4.78 is 9.65. The summed E-state index contributed by atoms with van der Waals surface area (Å²) in [6, 6.07) is 5.02. The van der Waals surface area contributed by atoms with Gasteiger partial charge >= 0.3 is 5.97 Å². The third-order valence-corrected chi connectivity index (χ3v) is 3.47. The number of phenolic OH excluding ortho intramolecular Hbond substituents is 1. The van der Waals surface area contributed by atoms with E-state index in [4.69, 9.17) is 4.74 Å². The number of esters is 1. The van der Waals surface area contributed by atoms with Crippen LogP contribution < -0.4 is 4.74 Å². The number of methoxy groups -OCH3 is 2. The molecular weight excluding hydrogens is 278 g/mol. The standard InChI is InChI=1S/C14H13NO4S/c1-18-11-7-9(3-5-10(11)16)4-6-13-15-8-12(20-13)14(17)19-2/h3-8,16H,1-2H3/b6-4-. The molecule has 0 saturated heterocycles. The minimum atomic E-state index is -0.395. The van der Waals surface area contributed by atoms with Crippen molar-refractivity contribution in [1.29, 1.82) is 0 Å². The van der Waals surface area contributed by atoms with Gasteiger partial charge in [0.2, 0.25) is 0 Å². The fourth-order valence-corrected chi connectivity index (χ4v) is 2.26. The third-order valence-electron chi connectivity index (χ3n) is 2.53. The Labute approximate surface area is 120 Å². The van der Waals surface area contributed by atoms with E-state index in [9.17, 15) is 9.90 Å². The molecule has 5 nitrogen and oxygen atoms in total. The Morgan fingerprint density at radius 3 is 2.85 bits per heavy atom. The van der Waals surface area contributed by atoms with E-state index < -0.39 is 5.97 Å². The van der Waals surface area contributed by atoms with Gasteiger partial charge in [-0.1, -0.05) is 12.1 Å². The minimum Gasteiger partial charge on any atom is -0.504 e. The van der Waals surface area contributed by atoms with Crippen LogP contribution in [0.15, 0.2) is 24.4 Å². The summed E-state index contributed by atoms with van der Waals surface area (Å²) in [4.78, 5) is 15.9. The van der Waals surface area contributed by atoms with Gasteiger partial charge in [-0.2, -0.15) is 0 Å². The van der Waals surface area contributed by atoms with E-state index >= 15 is 0 Å². The SMILES string of the molecule is COC(=O)c1cnc(/C=C\c2ccc(O)c(OC)c2)s1. The summed E-state index contributed by atoms with van der Waals surface area (Å²) >= 11 is 1.24. The zero-order valence-electron chi connectivity index (χ0n) is 11.0. The van der Waals surface area contributed by atoms with Crippen molar-refractivity contribution < 1.29 is 19.4 Å². The van der Waals surface area contributed by atoms with Gasteiger partial charge in [-0.05, 0) is 23.8 Å². The highest BCUT2D eigenvalue weighted by Crippen LogP contribution is 2.27. The Morgan fingerprint density at radius 1 is 1.35 bits per heavy atom. The third kappa shape index (κ3) is 3.16. The topological polar surface area (TPSA) is 68.7 Å². The highest BCUT2D eigenvalue weighted by Gasteiger charge is 2.08. The number of hydrogen-bond acceptors (Lipinski definition) is 6. The first kappa shape index (κ1) is 14.1. The van der Waals surface area contributed by atoms with Crippen molar-refractivity contribution in [3.05, 3.63) is 39.8 Å². The van der Waals surface area contributed by atoms with Crippen molar-refractivity contribution in [1.82, 2.24) is 4.98 Å². The summed E-state index contributed by atoms with van der Waals surface area (Å²) in [5.41, 5.74) is 0.856. The predicted octanol–water partition coefficient (Wildman–Crippen LogP) is 2.81. The molecule has 6 heteroatoms. The van der Waals surface area contributed by atoms with E-state index in [2.05, 4.69) is 9.72 Å². The Morgan fingerprint density at radius 2 is 2.15 bits per heavy atom. The number of aromatic nitrogens is 1. The van der Waals surface area contributed by atoms with Gasteiger partial charge in [0.05, 0.1) is 20.4 Å². The first-order chi connectivity index (χ1) is 9.63. The van der Waals surface area contributed by atoms with E-state index in [-0.39, 0.29) is 5.75 Å². The molecule has 0 aliphatic carbocycles. The molecule has 1 aromatic heterocycles. The molecule has 0 fully saturated rings. The second kappa shape index (κ2) is 6.21. The first-order valence-electron chi connectivity index (χ1n) is 5.73. The lowest BCUT2D eigenvalue weighted by molar-refractivity contribution is 0.0606. The average Bonchev–Trinajstić information content (AvgIpc) is 2.94. The summed E-state index contributed by atoms with van der Waals surface area (Å²) in [5.74, 6) is 0.0990. The molecule has 0 spiro atoms. The minimum absolute atomic E-state index is 0.0897. The number of ether oxygens (including phenoxy) is 2. The molecule has 0 bridgehead atoms. The molecule has 0 atom stereocenters. The Hall–Kier alpha value is -2.34. The first-order valence-corrected chi connectivity index (χ1v) is 6.55. The molecule has 2 rings (SSSR count). The zero-order chi connectivity index (χ0) is 14.5. The van der Waals surface area contributed by atoms with E-state index in [1.54, 1.807) is 24.3 Å². The van der Waals surface area contributed by atoms with Crippen molar-refractivity contribution in [3.8, 4) is 11.5 Å². The van der Waals surface area contributed by atoms with Gasteiger partial charge in [-0.15, -0.1) is 11.3 Å².